The third-order valence-electron chi connectivity index (χ3n) is 13.4. The summed E-state index contributed by atoms with van der Waals surface area (Å²) in [6.07, 6.45) is 53.5. The van der Waals surface area contributed by atoms with Crippen molar-refractivity contribution in [3.05, 3.63) is 36.5 Å². The summed E-state index contributed by atoms with van der Waals surface area (Å²) < 4.78 is 11.2. The second-order valence-electron chi connectivity index (χ2n) is 19.7. The Kier molecular flexibility index (Phi) is 44.6. The maximum Gasteiger partial charge on any atom is 0.220 e. The van der Waals surface area contributed by atoms with Crippen LogP contribution in [0.4, 0.5) is 0 Å². The Labute approximate surface area is 406 Å². The van der Waals surface area contributed by atoms with Gasteiger partial charge in [0.15, 0.2) is 6.29 Å². The lowest BCUT2D eigenvalue weighted by atomic mass is 9.99. The molecule has 9 nitrogen and oxygen atoms in total. The monoisotopic (exact) mass is 934 g/mol. The molecule has 1 heterocycles. The molecule has 1 amide bonds. The molecule has 0 aromatic carbocycles. The number of ether oxygens (including phenoxy) is 2. The Morgan fingerprint density at radius 2 is 0.864 bits per heavy atom. The molecular weight excluding hydrogens is 827 g/mol. The first kappa shape index (κ1) is 62.4. The number of aliphatic hydroxyl groups excluding tert-OH is 5. The highest BCUT2D eigenvalue weighted by Crippen LogP contribution is 2.23. The highest BCUT2D eigenvalue weighted by molar-refractivity contribution is 5.76. The Bertz CT molecular complexity index is 1130. The number of amides is 1. The molecule has 1 aliphatic heterocycles. The average Bonchev–Trinajstić information content (AvgIpc) is 3.32. The number of aliphatic hydroxyl groups is 5. The number of carbonyl (C=O) groups is 1. The van der Waals surface area contributed by atoms with Gasteiger partial charge >= 0.3 is 0 Å². The molecule has 1 rings (SSSR count). The maximum atomic E-state index is 13.0. The molecule has 6 N–H and O–H groups in total. The molecule has 66 heavy (non-hydrogen) atoms. The summed E-state index contributed by atoms with van der Waals surface area (Å²) in [5.74, 6) is -0.186. The molecule has 0 radical (unpaired) electrons. The summed E-state index contributed by atoms with van der Waals surface area (Å²) in [5, 5.41) is 54.4. The van der Waals surface area contributed by atoms with Gasteiger partial charge in [0, 0.05) is 6.42 Å². The summed E-state index contributed by atoms with van der Waals surface area (Å²) in [6.45, 7) is 3.79. The average molecular weight is 934 g/mol. The van der Waals surface area contributed by atoms with Crippen LogP contribution in [0.2, 0.25) is 0 Å². The van der Waals surface area contributed by atoms with Crippen molar-refractivity contribution in [1.82, 2.24) is 5.32 Å². The van der Waals surface area contributed by atoms with Crippen LogP contribution in [0.15, 0.2) is 36.5 Å². The van der Waals surface area contributed by atoms with E-state index in [1.807, 2.05) is 6.08 Å². The lowest BCUT2D eigenvalue weighted by molar-refractivity contribution is -0.302. The van der Waals surface area contributed by atoms with Crippen LogP contribution in [0.3, 0.4) is 0 Å². The van der Waals surface area contributed by atoms with Crippen LogP contribution >= 0.6 is 0 Å². The largest absolute Gasteiger partial charge is 0.394 e. The number of nitrogens with one attached hydrogen (secondary N) is 1. The smallest absolute Gasteiger partial charge is 0.220 e. The molecule has 388 valence electrons. The summed E-state index contributed by atoms with van der Waals surface area (Å²) >= 11 is 0. The van der Waals surface area contributed by atoms with Crippen molar-refractivity contribution < 1.29 is 39.8 Å². The van der Waals surface area contributed by atoms with Gasteiger partial charge in [-0.25, -0.2) is 0 Å². The maximum absolute atomic E-state index is 13.0. The SMILES string of the molecule is CCCCCCCCCCCCCC/C=C\CCCCCCCCCCCC(=O)NC(COC1OC(CO)C(O)C(O)C1O)C(O)/C=C/CC/C=C/CCCCCCCCCCCCCC. The molecule has 0 aliphatic carbocycles. The van der Waals surface area contributed by atoms with Gasteiger partial charge in [-0.05, 0) is 57.8 Å². The standard InChI is InChI=1S/C57H107NO8/c1-3-5-7-9-11-13-15-17-19-21-23-24-25-26-27-28-29-31-33-35-37-39-41-43-45-47-53(61)58-50(49-65-57-56(64)55(63)54(62)52(48-59)66-57)51(60)46-44-42-40-38-36-34-32-30-22-20-18-16-14-12-10-8-6-4-2/h26-27,36,38,44,46,50-52,54-57,59-60,62-64H,3-25,28-35,37,39-43,45,47-49H2,1-2H3,(H,58,61)/b27-26-,38-36+,46-44+. The van der Waals surface area contributed by atoms with E-state index in [0.717, 1.165) is 38.5 Å². The number of hydrogen-bond acceptors (Lipinski definition) is 8. The first-order valence-electron chi connectivity index (χ1n) is 28.2. The van der Waals surface area contributed by atoms with Gasteiger partial charge in [0.25, 0.3) is 0 Å². The second-order valence-corrected chi connectivity index (χ2v) is 19.7. The lowest BCUT2D eigenvalue weighted by Gasteiger charge is -2.40. The van der Waals surface area contributed by atoms with E-state index in [-0.39, 0.29) is 12.5 Å². The van der Waals surface area contributed by atoms with E-state index in [1.165, 1.54) is 205 Å². The van der Waals surface area contributed by atoms with Gasteiger partial charge in [-0.15, -0.1) is 0 Å². The molecule has 1 fully saturated rings. The van der Waals surface area contributed by atoms with Crippen molar-refractivity contribution in [1.29, 1.82) is 0 Å². The zero-order valence-corrected chi connectivity index (χ0v) is 43.0. The number of allylic oxidation sites excluding steroid dienone is 5. The van der Waals surface area contributed by atoms with Crippen LogP contribution in [0.1, 0.15) is 264 Å². The Morgan fingerprint density at radius 3 is 1.27 bits per heavy atom. The van der Waals surface area contributed by atoms with E-state index in [2.05, 4.69) is 43.5 Å². The molecule has 1 aliphatic rings. The Hall–Kier alpha value is -1.59. The molecule has 0 spiro atoms. The fourth-order valence-electron chi connectivity index (χ4n) is 8.93. The van der Waals surface area contributed by atoms with Gasteiger partial charge in [-0.2, -0.15) is 0 Å². The zero-order valence-electron chi connectivity index (χ0n) is 43.0. The van der Waals surface area contributed by atoms with E-state index in [0.29, 0.717) is 6.42 Å². The normalized spacial score (nSPS) is 20.0. The molecular formula is C57H107NO8. The molecule has 9 heteroatoms. The van der Waals surface area contributed by atoms with Crippen LogP contribution in [-0.4, -0.2) is 87.5 Å². The van der Waals surface area contributed by atoms with E-state index in [9.17, 15) is 30.3 Å². The highest BCUT2D eigenvalue weighted by Gasteiger charge is 2.44. The highest BCUT2D eigenvalue weighted by atomic mass is 16.7. The first-order valence-corrected chi connectivity index (χ1v) is 28.2. The zero-order chi connectivity index (χ0) is 48.0. The summed E-state index contributed by atoms with van der Waals surface area (Å²) in [6, 6.07) is -0.822. The number of rotatable bonds is 48. The second kappa shape index (κ2) is 47.1. The summed E-state index contributed by atoms with van der Waals surface area (Å²) in [5.41, 5.74) is 0. The quantitative estimate of drug-likeness (QED) is 0.0261. The van der Waals surface area contributed by atoms with E-state index in [1.54, 1.807) is 6.08 Å². The van der Waals surface area contributed by atoms with Crippen molar-refractivity contribution in [2.24, 2.45) is 0 Å². The van der Waals surface area contributed by atoms with Gasteiger partial charge < -0.3 is 40.3 Å². The summed E-state index contributed by atoms with van der Waals surface area (Å²) in [7, 11) is 0. The van der Waals surface area contributed by atoms with Crippen molar-refractivity contribution in [3.8, 4) is 0 Å². The Morgan fingerprint density at radius 1 is 0.500 bits per heavy atom. The molecule has 7 atom stereocenters. The van der Waals surface area contributed by atoms with Crippen molar-refractivity contribution in [2.45, 2.75) is 307 Å². The molecule has 0 bridgehead atoms. The fraction of sp³-hybridized carbons (Fsp3) is 0.877. The third-order valence-corrected chi connectivity index (χ3v) is 13.4. The number of carbonyl (C=O) groups excluding carboxylic acids is 1. The molecule has 0 aromatic heterocycles. The minimum Gasteiger partial charge on any atom is -0.394 e. The van der Waals surface area contributed by atoms with Gasteiger partial charge in [-0.1, -0.05) is 237 Å². The van der Waals surface area contributed by atoms with Gasteiger partial charge in [0.05, 0.1) is 25.4 Å². The van der Waals surface area contributed by atoms with E-state index in [4.69, 9.17) is 9.47 Å². The minimum absolute atomic E-state index is 0.186. The Balaban J connectivity index is 2.25. The van der Waals surface area contributed by atoms with E-state index < -0.39 is 49.5 Å². The predicted molar refractivity (Wildman–Crippen MR) is 276 cm³/mol. The van der Waals surface area contributed by atoms with Gasteiger partial charge in [0.2, 0.25) is 5.91 Å². The van der Waals surface area contributed by atoms with Crippen molar-refractivity contribution in [3.63, 3.8) is 0 Å². The van der Waals surface area contributed by atoms with Crippen LogP contribution in [0, 0.1) is 0 Å². The topological polar surface area (TPSA) is 149 Å². The van der Waals surface area contributed by atoms with Crippen LogP contribution in [-0.2, 0) is 14.3 Å². The third kappa shape index (κ3) is 36.4. The van der Waals surface area contributed by atoms with Crippen molar-refractivity contribution in [2.75, 3.05) is 13.2 Å². The fourth-order valence-corrected chi connectivity index (χ4v) is 8.93. The molecule has 0 aromatic rings. The summed E-state index contributed by atoms with van der Waals surface area (Å²) in [4.78, 5) is 13.0. The number of unbranched alkanes of at least 4 members (excludes halogenated alkanes) is 34. The molecule has 7 unspecified atom stereocenters. The lowest BCUT2D eigenvalue weighted by Crippen LogP contribution is -2.60. The van der Waals surface area contributed by atoms with Gasteiger partial charge in [-0.3, -0.25) is 4.79 Å². The van der Waals surface area contributed by atoms with E-state index >= 15 is 0 Å². The first-order chi connectivity index (χ1) is 32.3. The molecule has 0 saturated carbocycles. The predicted octanol–water partition coefficient (Wildman–Crippen LogP) is 13.6. The van der Waals surface area contributed by atoms with Crippen LogP contribution in [0.25, 0.3) is 0 Å². The van der Waals surface area contributed by atoms with Gasteiger partial charge in [0.1, 0.15) is 24.4 Å². The van der Waals surface area contributed by atoms with Crippen LogP contribution in [0.5, 0.6) is 0 Å². The molecule has 1 saturated heterocycles. The minimum atomic E-state index is -1.57. The van der Waals surface area contributed by atoms with Crippen LogP contribution < -0.4 is 5.32 Å². The number of hydrogen-bond donors (Lipinski definition) is 6. The van der Waals surface area contributed by atoms with Crippen molar-refractivity contribution >= 4 is 5.91 Å².